The van der Waals surface area contributed by atoms with Gasteiger partial charge in [-0.1, -0.05) is 44.0 Å². The molecule has 0 spiro atoms. The van der Waals surface area contributed by atoms with Crippen LogP contribution in [0.3, 0.4) is 0 Å². The molecule has 1 aliphatic rings. The molecule has 0 radical (unpaired) electrons. The topological polar surface area (TPSA) is 92.7 Å². The summed E-state index contributed by atoms with van der Waals surface area (Å²) in [6, 6.07) is -2.40. The third kappa shape index (κ3) is 4.59. The lowest BCUT2D eigenvalue weighted by molar-refractivity contribution is -0.439. The highest BCUT2D eigenvalue weighted by molar-refractivity contribution is 6.39. The average Bonchev–Trinajstić information content (AvgIpc) is 2.85. The van der Waals surface area contributed by atoms with Gasteiger partial charge in [0.1, 0.15) is 0 Å². The van der Waals surface area contributed by atoms with Crippen LogP contribution < -0.4 is 10.9 Å². The number of alkyl halides is 6. The Labute approximate surface area is 181 Å². The molecular formula is C16H14Cl2F6N4O3. The summed E-state index contributed by atoms with van der Waals surface area (Å²) in [6.45, 7) is 3.82. The highest BCUT2D eigenvalue weighted by atomic mass is 35.5. The number of hydrazine groups is 2. The van der Waals surface area contributed by atoms with Crippen LogP contribution in [0.25, 0.3) is 0 Å². The summed E-state index contributed by atoms with van der Waals surface area (Å²) in [5.41, 5.74) is -6.25. The number of ketones is 1. The molecule has 1 unspecified atom stereocenters. The van der Waals surface area contributed by atoms with Crippen molar-refractivity contribution in [3.05, 3.63) is 49.2 Å². The third-order valence-electron chi connectivity index (χ3n) is 4.17. The first-order chi connectivity index (χ1) is 13.8. The second kappa shape index (κ2) is 7.80. The Kier molecular flexibility index (Phi) is 6.33. The molecule has 0 saturated carbocycles. The van der Waals surface area contributed by atoms with Crippen molar-refractivity contribution in [1.82, 2.24) is 5.12 Å². The summed E-state index contributed by atoms with van der Waals surface area (Å²) in [5.74, 6) is 4.36. The number of halogens is 8. The number of benzene rings is 1. The van der Waals surface area contributed by atoms with E-state index in [-0.39, 0.29) is 10.1 Å². The van der Waals surface area contributed by atoms with Crippen LogP contribution in [0.2, 0.25) is 10.0 Å². The summed E-state index contributed by atoms with van der Waals surface area (Å²) in [4.78, 5) is 23.0. The van der Waals surface area contributed by atoms with E-state index in [0.717, 1.165) is 0 Å². The van der Waals surface area contributed by atoms with Crippen LogP contribution in [0.4, 0.5) is 32.0 Å². The van der Waals surface area contributed by atoms with E-state index in [1.54, 1.807) is 0 Å². The van der Waals surface area contributed by atoms with Crippen LogP contribution >= 0.6 is 23.2 Å². The van der Waals surface area contributed by atoms with E-state index in [2.05, 4.69) is 0 Å². The minimum absolute atomic E-state index is 0.197. The number of carbonyl (C=O) groups excluding carboxylic acids is 1. The molecule has 0 fully saturated rings. The van der Waals surface area contributed by atoms with Gasteiger partial charge in [0, 0.05) is 5.41 Å². The number of carbonyl (C=O) groups is 1. The first kappa shape index (κ1) is 25.2. The zero-order valence-electron chi connectivity index (χ0n) is 15.9. The number of allylic oxidation sites excluding steroid dienone is 1. The predicted octanol–water partition coefficient (Wildman–Crippen LogP) is 4.96. The SMILES string of the molecule is CC(C)(C)C(=O)C1=C([N+](=O)[O-])C(C(F)(F)F)N(N)N1c1c(Cl)cc(C(F)(F)F)cc1Cl. The largest absolute Gasteiger partial charge is 0.417 e. The molecule has 0 aliphatic carbocycles. The Bertz CT molecular complexity index is 949. The lowest BCUT2D eigenvalue weighted by Gasteiger charge is -2.33. The van der Waals surface area contributed by atoms with Gasteiger partial charge in [-0.25, -0.2) is 10.9 Å². The minimum Gasteiger partial charge on any atom is -0.292 e. The number of Topliss-reactive ketones (excluding diaryl/α,β-unsaturated/α-hetero) is 1. The number of nitro groups is 1. The van der Waals surface area contributed by atoms with E-state index < -0.39 is 67.2 Å². The number of nitrogens with zero attached hydrogens (tertiary/aromatic N) is 3. The normalized spacial score (nSPS) is 18.7. The molecule has 2 rings (SSSR count). The quantitative estimate of drug-likeness (QED) is 0.276. The van der Waals surface area contributed by atoms with Crippen molar-refractivity contribution < 1.29 is 36.1 Å². The van der Waals surface area contributed by atoms with Crippen LogP contribution in [0, 0.1) is 15.5 Å². The molecule has 0 amide bonds. The molecule has 1 atom stereocenters. The van der Waals surface area contributed by atoms with E-state index in [0.29, 0.717) is 12.1 Å². The first-order valence-corrected chi connectivity index (χ1v) is 8.96. The van der Waals surface area contributed by atoms with Crippen LogP contribution in [0.1, 0.15) is 26.3 Å². The van der Waals surface area contributed by atoms with Crippen molar-refractivity contribution >= 4 is 34.7 Å². The van der Waals surface area contributed by atoms with Crippen molar-refractivity contribution in [3.8, 4) is 0 Å². The number of hydrogen-bond donors (Lipinski definition) is 1. The van der Waals surface area contributed by atoms with Gasteiger partial charge >= 0.3 is 18.0 Å². The van der Waals surface area contributed by atoms with E-state index in [9.17, 15) is 41.3 Å². The van der Waals surface area contributed by atoms with Crippen molar-refractivity contribution in [2.24, 2.45) is 11.3 Å². The smallest absolute Gasteiger partial charge is 0.292 e. The molecule has 1 aromatic carbocycles. The number of rotatable bonds is 3. The second-order valence-corrected chi connectivity index (χ2v) is 8.31. The summed E-state index contributed by atoms with van der Waals surface area (Å²) in [6.07, 6.45) is -10.2. The first-order valence-electron chi connectivity index (χ1n) is 8.20. The fraction of sp³-hybridized carbons (Fsp3) is 0.438. The van der Waals surface area contributed by atoms with Gasteiger partial charge in [-0.05, 0) is 12.1 Å². The maximum Gasteiger partial charge on any atom is 0.417 e. The Morgan fingerprint density at radius 3 is 1.87 bits per heavy atom. The lowest BCUT2D eigenvalue weighted by Crippen LogP contribution is -2.55. The second-order valence-electron chi connectivity index (χ2n) is 7.49. The highest BCUT2D eigenvalue weighted by Crippen LogP contribution is 2.47. The van der Waals surface area contributed by atoms with E-state index in [1.807, 2.05) is 0 Å². The molecule has 172 valence electrons. The molecule has 2 N–H and O–H groups in total. The zero-order valence-corrected chi connectivity index (χ0v) is 17.4. The van der Waals surface area contributed by atoms with Crippen molar-refractivity contribution in [2.75, 3.05) is 5.01 Å². The number of hydrogen-bond acceptors (Lipinski definition) is 6. The molecule has 15 heteroatoms. The predicted molar refractivity (Wildman–Crippen MR) is 98.3 cm³/mol. The van der Waals surface area contributed by atoms with Crippen molar-refractivity contribution in [2.45, 2.75) is 39.2 Å². The lowest BCUT2D eigenvalue weighted by atomic mass is 9.87. The Hall–Kier alpha value is -2.09. The van der Waals surface area contributed by atoms with Gasteiger partial charge in [-0.3, -0.25) is 14.9 Å². The van der Waals surface area contributed by atoms with Gasteiger partial charge in [0.2, 0.25) is 6.04 Å². The van der Waals surface area contributed by atoms with Crippen LogP contribution in [0.15, 0.2) is 23.5 Å². The Morgan fingerprint density at radius 2 is 1.55 bits per heavy atom. The fourth-order valence-corrected chi connectivity index (χ4v) is 3.46. The van der Waals surface area contributed by atoms with Crippen LogP contribution in [-0.2, 0) is 11.0 Å². The molecule has 1 aromatic rings. The minimum atomic E-state index is -5.33. The molecular weight excluding hydrogens is 481 g/mol. The monoisotopic (exact) mass is 494 g/mol. The Morgan fingerprint density at radius 1 is 1.10 bits per heavy atom. The van der Waals surface area contributed by atoms with E-state index in [1.165, 1.54) is 20.8 Å². The van der Waals surface area contributed by atoms with Gasteiger partial charge in [-0.2, -0.15) is 26.3 Å². The van der Waals surface area contributed by atoms with E-state index in [4.69, 9.17) is 29.0 Å². The third-order valence-corrected chi connectivity index (χ3v) is 4.74. The number of anilines is 1. The molecule has 7 nitrogen and oxygen atoms in total. The van der Waals surface area contributed by atoms with Crippen LogP contribution in [0.5, 0.6) is 0 Å². The summed E-state index contributed by atoms with van der Waals surface area (Å²) < 4.78 is 80.0. The highest BCUT2D eigenvalue weighted by Gasteiger charge is 2.62. The van der Waals surface area contributed by atoms with Gasteiger partial charge in [0.15, 0.2) is 11.5 Å². The fourth-order valence-electron chi connectivity index (χ4n) is 2.81. The summed E-state index contributed by atoms with van der Waals surface area (Å²) >= 11 is 11.7. The van der Waals surface area contributed by atoms with Crippen molar-refractivity contribution in [3.63, 3.8) is 0 Å². The molecule has 1 heterocycles. The van der Waals surface area contributed by atoms with Gasteiger partial charge in [0.25, 0.3) is 0 Å². The maximum atomic E-state index is 13.7. The number of nitrogens with two attached hydrogens (primary N) is 1. The van der Waals surface area contributed by atoms with Crippen LogP contribution in [-0.4, -0.2) is 28.0 Å². The molecule has 0 aromatic heterocycles. The molecule has 1 aliphatic heterocycles. The van der Waals surface area contributed by atoms with Crippen molar-refractivity contribution in [1.29, 1.82) is 0 Å². The summed E-state index contributed by atoms with van der Waals surface area (Å²) in [5, 5.41) is 9.92. The van der Waals surface area contributed by atoms with Gasteiger partial charge in [0.05, 0.1) is 26.2 Å². The van der Waals surface area contributed by atoms with E-state index >= 15 is 0 Å². The standard InChI is InChI=1S/C16H14Cl2F6N4O3/c1-14(2,3)13(29)11-10(28(30)31)12(16(22,23)24)27(25)26(11)9-7(17)4-6(5-8(9)18)15(19,20)21/h4-5,12H,25H2,1-3H3. The summed E-state index contributed by atoms with van der Waals surface area (Å²) in [7, 11) is 0. The van der Waals surface area contributed by atoms with Gasteiger partial charge in [-0.15, -0.1) is 5.12 Å². The van der Waals surface area contributed by atoms with Gasteiger partial charge < -0.3 is 0 Å². The average molecular weight is 495 g/mol. The molecule has 0 bridgehead atoms. The zero-order chi connectivity index (χ0) is 24.3. The Balaban J connectivity index is 2.91. The molecule has 31 heavy (non-hydrogen) atoms. The maximum absolute atomic E-state index is 13.7. The molecule has 0 saturated heterocycles.